The van der Waals surface area contributed by atoms with Gasteiger partial charge in [-0.2, -0.15) is 5.26 Å². The minimum Gasteiger partial charge on any atom is -0.354 e. The molecule has 0 aliphatic carbocycles. The summed E-state index contributed by atoms with van der Waals surface area (Å²) in [6, 6.07) is 4.03. The van der Waals surface area contributed by atoms with Gasteiger partial charge in [0, 0.05) is 26.3 Å². The first-order valence-corrected chi connectivity index (χ1v) is 8.96. The Hall–Kier alpha value is -2.49. The van der Waals surface area contributed by atoms with Gasteiger partial charge in [0.1, 0.15) is 24.7 Å². The number of nitrogens with zero attached hydrogens (tertiary/aromatic N) is 4. The number of rotatable bonds is 4. The highest BCUT2D eigenvalue weighted by Gasteiger charge is 2.41. The summed E-state index contributed by atoms with van der Waals surface area (Å²) < 4.78 is 0. The van der Waals surface area contributed by atoms with Crippen molar-refractivity contribution < 1.29 is 4.79 Å². The molecule has 7 heteroatoms. The second-order valence-electron chi connectivity index (χ2n) is 6.87. The molecule has 1 atom stereocenters. The summed E-state index contributed by atoms with van der Waals surface area (Å²) in [6.07, 6.45) is 5.77. The molecule has 3 heterocycles. The fourth-order valence-corrected chi connectivity index (χ4v) is 4.11. The minimum atomic E-state index is -0.231. The zero-order valence-electron chi connectivity index (χ0n) is 15.0. The Labute approximate surface area is 148 Å². The number of H-pyrrole nitrogens is 1. The van der Waals surface area contributed by atoms with E-state index in [-0.39, 0.29) is 17.9 Å². The van der Waals surface area contributed by atoms with Crippen LogP contribution in [0.5, 0.6) is 0 Å². The predicted molar refractivity (Wildman–Crippen MR) is 97.3 cm³/mol. The first-order valence-electron chi connectivity index (χ1n) is 8.96. The third-order valence-electron chi connectivity index (χ3n) is 5.36. The van der Waals surface area contributed by atoms with Crippen molar-refractivity contribution in [3.63, 3.8) is 0 Å². The highest BCUT2D eigenvalue weighted by Crippen LogP contribution is 2.33. The molecule has 7 nitrogen and oxygen atoms in total. The van der Waals surface area contributed by atoms with E-state index in [0.717, 1.165) is 56.0 Å². The van der Waals surface area contributed by atoms with Crippen LogP contribution < -0.4 is 5.32 Å². The van der Waals surface area contributed by atoms with Crippen molar-refractivity contribution in [3.8, 4) is 6.07 Å². The number of carbonyl (C=O) groups excluding carboxylic acids is 1. The molecule has 0 aromatic carbocycles. The van der Waals surface area contributed by atoms with Crippen LogP contribution in [0.1, 0.15) is 44.6 Å². The third-order valence-corrected chi connectivity index (χ3v) is 5.36. The predicted octanol–water partition coefficient (Wildman–Crippen LogP) is 2.15. The quantitative estimate of drug-likeness (QED) is 0.878. The number of aliphatic imine (C=N–C) groups is 1. The van der Waals surface area contributed by atoms with Crippen LogP contribution in [-0.2, 0) is 4.79 Å². The Morgan fingerprint density at radius 3 is 3.16 bits per heavy atom. The number of amidine groups is 1. The van der Waals surface area contributed by atoms with E-state index >= 15 is 0 Å². The zero-order valence-corrected chi connectivity index (χ0v) is 15.0. The number of likely N-dealkylation sites (tertiary alicyclic amines) is 1. The van der Waals surface area contributed by atoms with Crippen molar-refractivity contribution in [2.75, 3.05) is 32.1 Å². The van der Waals surface area contributed by atoms with Crippen molar-refractivity contribution in [1.82, 2.24) is 14.8 Å². The number of nitriles is 1. The molecule has 1 fully saturated rings. The van der Waals surface area contributed by atoms with Gasteiger partial charge in [0.25, 0.3) is 0 Å². The van der Waals surface area contributed by atoms with E-state index in [1.165, 1.54) is 0 Å². The topological polar surface area (TPSA) is 87.5 Å². The number of nitrogens with one attached hydrogen (secondary N) is 2. The Balaban J connectivity index is 1.86. The van der Waals surface area contributed by atoms with E-state index in [4.69, 9.17) is 5.26 Å². The summed E-state index contributed by atoms with van der Waals surface area (Å²) in [5.41, 5.74) is 0.856. The van der Waals surface area contributed by atoms with Crippen LogP contribution in [-0.4, -0.2) is 58.9 Å². The average Bonchev–Trinajstić information content (AvgIpc) is 3.10. The molecular formula is C18H26N6O. The van der Waals surface area contributed by atoms with E-state index in [2.05, 4.69) is 27.1 Å². The lowest BCUT2D eigenvalue weighted by Crippen LogP contribution is -2.60. The lowest BCUT2D eigenvalue weighted by atomic mass is 9.82. The first-order chi connectivity index (χ1) is 12.1. The number of hydrogen-bond acceptors (Lipinski definition) is 5. The van der Waals surface area contributed by atoms with Crippen LogP contribution in [0.2, 0.25) is 0 Å². The molecule has 1 unspecified atom stereocenters. The second-order valence-corrected chi connectivity index (χ2v) is 6.87. The maximum absolute atomic E-state index is 12.4. The summed E-state index contributed by atoms with van der Waals surface area (Å²) in [5, 5.41) is 12.1. The normalized spacial score (nSPS) is 22.4. The summed E-state index contributed by atoms with van der Waals surface area (Å²) in [7, 11) is 1.85. The molecule has 1 amide bonds. The molecule has 2 aliphatic heterocycles. The molecule has 25 heavy (non-hydrogen) atoms. The van der Waals surface area contributed by atoms with Crippen molar-refractivity contribution in [2.45, 2.75) is 44.6 Å². The van der Waals surface area contributed by atoms with Gasteiger partial charge in [-0.1, -0.05) is 13.3 Å². The van der Waals surface area contributed by atoms with Gasteiger partial charge < -0.3 is 20.1 Å². The Kier molecular flexibility index (Phi) is 4.98. The van der Waals surface area contributed by atoms with E-state index < -0.39 is 0 Å². The van der Waals surface area contributed by atoms with Crippen LogP contribution in [0, 0.1) is 11.3 Å². The Morgan fingerprint density at radius 1 is 1.56 bits per heavy atom. The van der Waals surface area contributed by atoms with Gasteiger partial charge in [-0.25, -0.2) is 4.99 Å². The first kappa shape index (κ1) is 17.3. The molecule has 0 radical (unpaired) electrons. The van der Waals surface area contributed by atoms with Crippen molar-refractivity contribution in [3.05, 3.63) is 17.8 Å². The molecule has 0 saturated carbocycles. The van der Waals surface area contributed by atoms with Gasteiger partial charge in [-0.15, -0.1) is 0 Å². The number of likely N-dealkylation sites (N-methyl/N-ethyl adjacent to an activating group) is 1. The lowest BCUT2D eigenvalue weighted by molar-refractivity contribution is -0.136. The molecule has 1 aromatic heterocycles. The standard InChI is InChI=1S/C18H26N6O/c1-3-7-18(23(2)15(25)5-9-19)8-4-11-24(12-18)17-14-6-10-20-16(14)21-13-22-17/h6,10,20-21H,3-5,7-8,11-13H2,1-2H3. The van der Waals surface area contributed by atoms with Gasteiger partial charge in [0.05, 0.1) is 17.2 Å². The zero-order chi connectivity index (χ0) is 17.9. The number of piperidine rings is 1. The summed E-state index contributed by atoms with van der Waals surface area (Å²) in [6.45, 7) is 4.41. The number of hydrogen-bond donors (Lipinski definition) is 2. The van der Waals surface area contributed by atoms with Crippen LogP contribution >= 0.6 is 0 Å². The van der Waals surface area contributed by atoms with Crippen LogP contribution in [0.15, 0.2) is 17.3 Å². The second kappa shape index (κ2) is 7.18. The number of amides is 1. The third kappa shape index (κ3) is 3.21. The largest absolute Gasteiger partial charge is 0.354 e. The highest BCUT2D eigenvalue weighted by atomic mass is 16.2. The molecule has 1 saturated heterocycles. The maximum Gasteiger partial charge on any atom is 0.237 e. The average molecular weight is 342 g/mol. The van der Waals surface area contributed by atoms with E-state index in [1.807, 2.05) is 30.3 Å². The summed E-state index contributed by atoms with van der Waals surface area (Å²) in [4.78, 5) is 24.4. The number of aromatic amines is 1. The fraction of sp³-hybridized carbons (Fsp3) is 0.611. The van der Waals surface area contributed by atoms with Crippen LogP contribution in [0.4, 0.5) is 5.82 Å². The van der Waals surface area contributed by atoms with Gasteiger partial charge in [0.15, 0.2) is 0 Å². The van der Waals surface area contributed by atoms with Crippen molar-refractivity contribution >= 4 is 17.6 Å². The molecule has 1 aromatic rings. The maximum atomic E-state index is 12.4. The van der Waals surface area contributed by atoms with E-state index in [9.17, 15) is 4.79 Å². The molecule has 134 valence electrons. The monoisotopic (exact) mass is 342 g/mol. The number of anilines is 1. The van der Waals surface area contributed by atoms with Crippen molar-refractivity contribution in [2.24, 2.45) is 4.99 Å². The molecular weight excluding hydrogens is 316 g/mol. The number of fused-ring (bicyclic) bond motifs is 1. The van der Waals surface area contributed by atoms with Crippen LogP contribution in [0.3, 0.4) is 0 Å². The van der Waals surface area contributed by atoms with Crippen molar-refractivity contribution in [1.29, 1.82) is 5.26 Å². The summed E-state index contributed by atoms with van der Waals surface area (Å²) in [5.74, 6) is 1.91. The number of aromatic nitrogens is 1. The fourth-order valence-electron chi connectivity index (χ4n) is 4.11. The number of carbonyl (C=O) groups is 1. The van der Waals surface area contributed by atoms with E-state index in [1.54, 1.807) is 0 Å². The molecule has 3 rings (SSSR count). The van der Waals surface area contributed by atoms with Crippen LogP contribution in [0.25, 0.3) is 0 Å². The van der Waals surface area contributed by atoms with E-state index in [0.29, 0.717) is 6.67 Å². The van der Waals surface area contributed by atoms with Gasteiger partial charge in [-0.3, -0.25) is 4.79 Å². The van der Waals surface area contributed by atoms with Gasteiger partial charge in [-0.05, 0) is 25.3 Å². The van der Waals surface area contributed by atoms with Gasteiger partial charge >= 0.3 is 0 Å². The molecule has 2 N–H and O–H groups in total. The highest BCUT2D eigenvalue weighted by molar-refractivity contribution is 6.04. The van der Waals surface area contributed by atoms with Gasteiger partial charge in [0.2, 0.25) is 5.91 Å². The SMILES string of the molecule is CCCC1(N(C)C(=O)CC#N)CCCN(C2=NCNc3[nH]ccc32)C1. The molecule has 0 bridgehead atoms. The Bertz CT molecular complexity index is 699. The summed E-state index contributed by atoms with van der Waals surface area (Å²) >= 11 is 0. The Morgan fingerprint density at radius 2 is 2.40 bits per heavy atom. The lowest BCUT2D eigenvalue weighted by Gasteiger charge is -2.49. The molecule has 0 spiro atoms. The minimum absolute atomic E-state index is 0.0607. The molecule has 2 aliphatic rings. The smallest absolute Gasteiger partial charge is 0.237 e.